The van der Waals surface area contributed by atoms with Crippen molar-refractivity contribution in [2.24, 2.45) is 17.8 Å². The maximum atomic E-state index is 11.3. The second-order valence-corrected chi connectivity index (χ2v) is 7.81. The van der Waals surface area contributed by atoms with Crippen LogP contribution >= 0.6 is 0 Å². The van der Waals surface area contributed by atoms with Crippen LogP contribution in [0.5, 0.6) is 0 Å². The predicted molar refractivity (Wildman–Crippen MR) is 96.2 cm³/mol. The van der Waals surface area contributed by atoms with E-state index in [1.807, 2.05) is 0 Å². The van der Waals surface area contributed by atoms with E-state index in [1.54, 1.807) is 12.2 Å². The van der Waals surface area contributed by atoms with Crippen molar-refractivity contribution in [2.75, 3.05) is 6.61 Å². The van der Waals surface area contributed by atoms with Gasteiger partial charge in [0.25, 0.3) is 0 Å². The van der Waals surface area contributed by atoms with Crippen LogP contribution in [-0.2, 0) is 28.5 Å². The summed E-state index contributed by atoms with van der Waals surface area (Å²) in [6.07, 6.45) is 5.40. The zero-order chi connectivity index (χ0) is 19.3. The first-order valence-corrected chi connectivity index (χ1v) is 9.56. The number of hydrogen-bond acceptors (Lipinski definition) is 6. The fourth-order valence-electron chi connectivity index (χ4n) is 3.78. The molecule has 1 saturated carbocycles. The minimum Gasteiger partial charge on any atom is -0.463 e. The van der Waals surface area contributed by atoms with Crippen LogP contribution in [0.25, 0.3) is 0 Å². The lowest BCUT2D eigenvalue weighted by Gasteiger charge is -2.40. The van der Waals surface area contributed by atoms with E-state index in [9.17, 15) is 9.59 Å². The first-order valence-electron chi connectivity index (χ1n) is 9.56. The molecule has 2 aliphatic rings. The van der Waals surface area contributed by atoms with Crippen molar-refractivity contribution in [3.05, 3.63) is 12.2 Å². The highest BCUT2D eigenvalue weighted by Crippen LogP contribution is 2.36. The first-order chi connectivity index (χ1) is 12.3. The highest BCUT2D eigenvalue weighted by atomic mass is 16.7. The van der Waals surface area contributed by atoms with Crippen molar-refractivity contribution < 1.29 is 28.5 Å². The highest BCUT2D eigenvalue weighted by Gasteiger charge is 2.36. The average Bonchev–Trinajstić information content (AvgIpc) is 2.54. The second kappa shape index (κ2) is 9.51. The molecule has 0 radical (unpaired) electrons. The molecule has 0 spiro atoms. The minimum absolute atomic E-state index is 0.0200. The Hall–Kier alpha value is -1.40. The van der Waals surface area contributed by atoms with Crippen molar-refractivity contribution in [1.82, 2.24) is 0 Å². The fourth-order valence-corrected chi connectivity index (χ4v) is 3.78. The molecular formula is C20H32O6. The van der Waals surface area contributed by atoms with Crippen LogP contribution in [0, 0.1) is 17.8 Å². The zero-order valence-electron chi connectivity index (χ0n) is 16.5. The summed E-state index contributed by atoms with van der Waals surface area (Å²) in [5.41, 5.74) is 0. The summed E-state index contributed by atoms with van der Waals surface area (Å²) in [6.45, 7) is 9.42. The molecule has 6 atom stereocenters. The summed E-state index contributed by atoms with van der Waals surface area (Å²) in [5.74, 6) is 0.875. The molecule has 0 aromatic rings. The van der Waals surface area contributed by atoms with Gasteiger partial charge in [0.05, 0.1) is 6.10 Å². The van der Waals surface area contributed by atoms with Gasteiger partial charge < -0.3 is 18.9 Å². The van der Waals surface area contributed by atoms with Crippen LogP contribution < -0.4 is 0 Å². The Kier molecular flexibility index (Phi) is 7.65. The van der Waals surface area contributed by atoms with E-state index in [0.717, 1.165) is 12.8 Å². The van der Waals surface area contributed by atoms with Crippen molar-refractivity contribution in [3.63, 3.8) is 0 Å². The summed E-state index contributed by atoms with van der Waals surface area (Å²) in [4.78, 5) is 22.4. The van der Waals surface area contributed by atoms with Gasteiger partial charge in [0.2, 0.25) is 0 Å². The zero-order valence-corrected chi connectivity index (χ0v) is 16.5. The predicted octanol–water partition coefficient (Wildman–Crippen LogP) is 3.24. The van der Waals surface area contributed by atoms with E-state index in [4.69, 9.17) is 18.9 Å². The van der Waals surface area contributed by atoms with Crippen LogP contribution in [0.15, 0.2) is 12.2 Å². The number of ether oxygens (including phenoxy) is 4. The molecular weight excluding hydrogens is 336 g/mol. The lowest BCUT2D eigenvalue weighted by Crippen LogP contribution is -2.44. The van der Waals surface area contributed by atoms with E-state index in [2.05, 4.69) is 20.8 Å². The standard InChI is InChI=1S/C20H32O6/c1-12(2)16-7-6-13(3)10-18(16)25-20-9-8-17(24-15(5)22)19(26-20)11-23-14(4)21/h8-9,12-13,16-20H,6-7,10-11H2,1-5H3/t13-,16+,17?,18-,19?,20?/m1/s1. The van der Waals surface area contributed by atoms with Gasteiger partial charge in [-0.15, -0.1) is 0 Å². The molecule has 0 bridgehead atoms. The van der Waals surface area contributed by atoms with E-state index >= 15 is 0 Å². The third-order valence-corrected chi connectivity index (χ3v) is 5.16. The molecule has 26 heavy (non-hydrogen) atoms. The monoisotopic (exact) mass is 368 g/mol. The molecule has 2 rings (SSSR count). The van der Waals surface area contributed by atoms with Crippen LogP contribution in [0.1, 0.15) is 53.9 Å². The van der Waals surface area contributed by atoms with Crippen molar-refractivity contribution >= 4 is 11.9 Å². The molecule has 148 valence electrons. The molecule has 0 aromatic heterocycles. The average molecular weight is 368 g/mol. The Labute approximate surface area is 156 Å². The van der Waals surface area contributed by atoms with Gasteiger partial charge >= 0.3 is 11.9 Å². The van der Waals surface area contributed by atoms with Gasteiger partial charge in [-0.05, 0) is 42.7 Å². The topological polar surface area (TPSA) is 71.1 Å². The van der Waals surface area contributed by atoms with Crippen molar-refractivity contribution in [2.45, 2.75) is 78.5 Å². The molecule has 0 saturated heterocycles. The number of carbonyl (C=O) groups is 2. The lowest BCUT2D eigenvalue weighted by atomic mass is 9.75. The first kappa shape index (κ1) is 20.9. The Morgan fingerprint density at radius 1 is 1.15 bits per heavy atom. The Balaban J connectivity index is 2.03. The van der Waals surface area contributed by atoms with Gasteiger partial charge in [-0.1, -0.05) is 27.2 Å². The summed E-state index contributed by atoms with van der Waals surface area (Å²) >= 11 is 0. The summed E-state index contributed by atoms with van der Waals surface area (Å²) in [6, 6.07) is 0. The van der Waals surface area contributed by atoms with Gasteiger partial charge in [0.1, 0.15) is 18.8 Å². The highest BCUT2D eigenvalue weighted by molar-refractivity contribution is 5.66. The molecule has 1 aliphatic carbocycles. The quantitative estimate of drug-likeness (QED) is 0.529. The SMILES string of the molecule is CC(=O)OCC1OC(O[C@@H]2C[C@H](C)CC[C@H]2C(C)C)C=CC1OC(C)=O. The third-order valence-electron chi connectivity index (χ3n) is 5.16. The molecule has 1 fully saturated rings. The largest absolute Gasteiger partial charge is 0.463 e. The van der Waals surface area contributed by atoms with Crippen molar-refractivity contribution in [1.29, 1.82) is 0 Å². The normalized spacial score (nSPS) is 34.5. The Morgan fingerprint density at radius 3 is 2.50 bits per heavy atom. The Bertz CT molecular complexity index is 514. The maximum absolute atomic E-state index is 11.3. The van der Waals surface area contributed by atoms with Crippen LogP contribution in [0.3, 0.4) is 0 Å². The molecule has 3 unspecified atom stereocenters. The number of esters is 2. The molecule has 1 heterocycles. The van der Waals surface area contributed by atoms with E-state index in [0.29, 0.717) is 17.8 Å². The van der Waals surface area contributed by atoms with Crippen LogP contribution in [0.2, 0.25) is 0 Å². The minimum atomic E-state index is -0.585. The van der Waals surface area contributed by atoms with Gasteiger partial charge in [0, 0.05) is 13.8 Å². The van der Waals surface area contributed by atoms with E-state index < -0.39 is 30.4 Å². The van der Waals surface area contributed by atoms with Gasteiger partial charge in [0.15, 0.2) is 6.29 Å². The van der Waals surface area contributed by atoms with Gasteiger partial charge in [-0.3, -0.25) is 9.59 Å². The van der Waals surface area contributed by atoms with Crippen LogP contribution in [-0.4, -0.2) is 43.1 Å². The fraction of sp³-hybridized carbons (Fsp3) is 0.800. The lowest BCUT2D eigenvalue weighted by molar-refractivity contribution is -0.222. The number of carbonyl (C=O) groups excluding carboxylic acids is 2. The Morgan fingerprint density at radius 2 is 1.88 bits per heavy atom. The molecule has 0 N–H and O–H groups in total. The van der Waals surface area contributed by atoms with Gasteiger partial charge in [-0.25, -0.2) is 0 Å². The molecule has 1 aliphatic heterocycles. The van der Waals surface area contributed by atoms with Crippen LogP contribution in [0.4, 0.5) is 0 Å². The number of rotatable bonds is 6. The maximum Gasteiger partial charge on any atom is 0.303 e. The van der Waals surface area contributed by atoms with Gasteiger partial charge in [-0.2, -0.15) is 0 Å². The van der Waals surface area contributed by atoms with Crippen molar-refractivity contribution in [3.8, 4) is 0 Å². The third kappa shape index (κ3) is 6.09. The molecule has 0 aromatic carbocycles. The number of hydrogen-bond donors (Lipinski definition) is 0. The summed E-state index contributed by atoms with van der Waals surface area (Å²) in [7, 11) is 0. The summed E-state index contributed by atoms with van der Waals surface area (Å²) < 4.78 is 22.5. The van der Waals surface area contributed by atoms with E-state index in [1.165, 1.54) is 20.3 Å². The van der Waals surface area contributed by atoms with E-state index in [-0.39, 0.29) is 12.7 Å². The second-order valence-electron chi connectivity index (χ2n) is 7.81. The summed E-state index contributed by atoms with van der Waals surface area (Å²) in [5, 5.41) is 0. The smallest absolute Gasteiger partial charge is 0.303 e. The molecule has 6 heteroatoms. The molecule has 6 nitrogen and oxygen atoms in total. The molecule has 0 amide bonds.